The summed E-state index contributed by atoms with van der Waals surface area (Å²) in [5.41, 5.74) is 1.98. The molecule has 1 aliphatic heterocycles. The number of aromatic amines is 1. The van der Waals surface area contributed by atoms with E-state index in [-0.39, 0.29) is 11.9 Å². The van der Waals surface area contributed by atoms with E-state index in [9.17, 15) is 14.0 Å². The molecule has 2 aromatic carbocycles. The lowest BCUT2D eigenvalue weighted by Crippen LogP contribution is -2.31. The molecule has 0 bridgehead atoms. The summed E-state index contributed by atoms with van der Waals surface area (Å²) in [7, 11) is 1.55. The number of halogens is 1. The predicted octanol–water partition coefficient (Wildman–Crippen LogP) is 4.99. The van der Waals surface area contributed by atoms with Crippen LogP contribution in [-0.4, -0.2) is 29.2 Å². The molecule has 1 aromatic heterocycles. The third-order valence-electron chi connectivity index (χ3n) is 5.53. The lowest BCUT2D eigenvalue weighted by molar-refractivity contribution is -0.143. The van der Waals surface area contributed by atoms with Crippen molar-refractivity contribution in [2.75, 3.05) is 12.4 Å². The molecular weight excluding hydrogens is 469 g/mol. The summed E-state index contributed by atoms with van der Waals surface area (Å²) in [4.78, 5) is 33.9. The number of hydrogen-bond acceptors (Lipinski definition) is 7. The molecule has 1 atom stereocenters. The number of carbonyl (C=O) groups is 1. The highest BCUT2D eigenvalue weighted by Crippen LogP contribution is 2.41. The number of benzene rings is 2. The average Bonchev–Trinajstić information content (AvgIpc) is 2.82. The van der Waals surface area contributed by atoms with Crippen molar-refractivity contribution >= 4 is 23.5 Å². The van der Waals surface area contributed by atoms with Gasteiger partial charge in [-0.1, -0.05) is 42.1 Å². The number of fused-ring (bicyclic) bond motifs is 1. The first-order chi connectivity index (χ1) is 16.8. The highest BCUT2D eigenvalue weighted by molar-refractivity contribution is 7.98. The number of methoxy groups -OCH3 is 1. The van der Waals surface area contributed by atoms with Crippen molar-refractivity contribution < 1.29 is 18.7 Å². The van der Waals surface area contributed by atoms with Crippen LogP contribution in [0.1, 0.15) is 43.4 Å². The molecule has 2 N–H and O–H groups in total. The van der Waals surface area contributed by atoms with Crippen molar-refractivity contribution in [3.8, 4) is 5.75 Å². The fraction of sp³-hybridized carbons (Fsp3) is 0.269. The molecule has 9 heteroatoms. The Labute approximate surface area is 206 Å². The largest absolute Gasteiger partial charge is 0.497 e. The second-order valence-electron chi connectivity index (χ2n) is 8.34. The Morgan fingerprint density at radius 2 is 1.97 bits per heavy atom. The number of hydrogen-bond donors (Lipinski definition) is 2. The van der Waals surface area contributed by atoms with Gasteiger partial charge in [0.05, 0.1) is 30.3 Å². The van der Waals surface area contributed by atoms with Crippen LogP contribution in [0.2, 0.25) is 0 Å². The summed E-state index contributed by atoms with van der Waals surface area (Å²) >= 11 is 1.22. The van der Waals surface area contributed by atoms with Crippen LogP contribution in [0.25, 0.3) is 0 Å². The fourth-order valence-corrected chi connectivity index (χ4v) is 4.81. The molecule has 1 unspecified atom stereocenters. The van der Waals surface area contributed by atoms with E-state index in [4.69, 9.17) is 9.47 Å². The maximum atomic E-state index is 14.0. The van der Waals surface area contributed by atoms with Gasteiger partial charge in [-0.3, -0.25) is 4.79 Å². The van der Waals surface area contributed by atoms with Crippen LogP contribution in [0.5, 0.6) is 5.75 Å². The van der Waals surface area contributed by atoms with E-state index < -0.39 is 17.4 Å². The van der Waals surface area contributed by atoms with Crippen molar-refractivity contribution in [3.63, 3.8) is 0 Å². The zero-order chi connectivity index (χ0) is 25.1. The van der Waals surface area contributed by atoms with Gasteiger partial charge in [0, 0.05) is 11.4 Å². The minimum atomic E-state index is -0.713. The van der Waals surface area contributed by atoms with Crippen LogP contribution in [0.15, 0.2) is 69.8 Å². The number of rotatable bonds is 7. The SMILES string of the molecule is COc1cccc(C2C(C(=O)OC(C)C)=C(C)Nc3nc(SCc4ccccc4F)[nH]c(=O)c32)c1. The zero-order valence-electron chi connectivity index (χ0n) is 19.8. The van der Waals surface area contributed by atoms with Crippen molar-refractivity contribution in [1.29, 1.82) is 0 Å². The maximum absolute atomic E-state index is 14.0. The molecule has 3 aromatic rings. The Balaban J connectivity index is 1.78. The Kier molecular flexibility index (Phi) is 7.25. The van der Waals surface area contributed by atoms with Gasteiger partial charge in [0.1, 0.15) is 17.4 Å². The number of ether oxygens (including phenoxy) is 2. The molecule has 0 radical (unpaired) electrons. The molecule has 0 amide bonds. The summed E-state index contributed by atoms with van der Waals surface area (Å²) in [6, 6.07) is 13.7. The molecule has 182 valence electrons. The van der Waals surface area contributed by atoms with Gasteiger partial charge in [-0.2, -0.15) is 0 Å². The first-order valence-corrected chi connectivity index (χ1v) is 12.1. The molecule has 0 saturated carbocycles. The van der Waals surface area contributed by atoms with Crippen molar-refractivity contribution in [3.05, 3.63) is 92.7 Å². The number of carbonyl (C=O) groups excluding carboxylic acids is 1. The van der Waals surface area contributed by atoms with Gasteiger partial charge < -0.3 is 19.8 Å². The number of nitrogens with zero attached hydrogens (tertiary/aromatic N) is 1. The number of H-pyrrole nitrogens is 1. The Morgan fingerprint density at radius 1 is 1.20 bits per heavy atom. The standard InChI is InChI=1S/C26H26FN3O4S/c1-14(2)34-25(32)20-15(3)28-23-22(21(20)16-9-7-10-18(12-16)33-4)24(31)30-26(29-23)35-13-17-8-5-6-11-19(17)27/h5-12,14,21H,13H2,1-4H3,(H2,28,29,30,31). The van der Waals surface area contributed by atoms with E-state index in [2.05, 4.69) is 15.3 Å². The number of allylic oxidation sites excluding steroid dienone is 1. The van der Waals surface area contributed by atoms with Gasteiger partial charge in [-0.15, -0.1) is 0 Å². The molecule has 7 nitrogen and oxygen atoms in total. The molecule has 2 heterocycles. The molecular formula is C26H26FN3O4S. The highest BCUT2D eigenvalue weighted by atomic mass is 32.2. The summed E-state index contributed by atoms with van der Waals surface area (Å²) in [5.74, 6) is -0.303. The second kappa shape index (κ2) is 10.4. The number of anilines is 1. The van der Waals surface area contributed by atoms with Gasteiger partial charge in [-0.05, 0) is 50.1 Å². The van der Waals surface area contributed by atoms with E-state index in [0.29, 0.717) is 50.4 Å². The third-order valence-corrected chi connectivity index (χ3v) is 6.45. The molecule has 1 aliphatic rings. The van der Waals surface area contributed by atoms with Gasteiger partial charge in [0.25, 0.3) is 5.56 Å². The summed E-state index contributed by atoms with van der Waals surface area (Å²) in [6.07, 6.45) is -0.330. The zero-order valence-corrected chi connectivity index (χ0v) is 20.7. The molecule has 0 aliphatic carbocycles. The van der Waals surface area contributed by atoms with Crippen LogP contribution in [0, 0.1) is 5.82 Å². The summed E-state index contributed by atoms with van der Waals surface area (Å²) < 4.78 is 24.9. The van der Waals surface area contributed by atoms with E-state index in [0.717, 1.165) is 0 Å². The first-order valence-electron chi connectivity index (χ1n) is 11.1. The maximum Gasteiger partial charge on any atom is 0.337 e. The van der Waals surface area contributed by atoms with E-state index in [1.165, 1.54) is 17.8 Å². The average molecular weight is 496 g/mol. The molecule has 4 rings (SSSR count). The quantitative estimate of drug-likeness (QED) is 0.271. The number of aromatic nitrogens is 2. The monoisotopic (exact) mass is 495 g/mol. The third kappa shape index (κ3) is 5.24. The van der Waals surface area contributed by atoms with Gasteiger partial charge in [-0.25, -0.2) is 14.2 Å². The Bertz CT molecular complexity index is 1350. The normalized spacial score (nSPS) is 15.0. The number of thioether (sulfide) groups is 1. The van der Waals surface area contributed by atoms with Gasteiger partial charge in [0.15, 0.2) is 5.16 Å². The van der Waals surface area contributed by atoms with E-state index in [1.807, 2.05) is 6.07 Å². The molecule has 0 spiro atoms. The molecule has 35 heavy (non-hydrogen) atoms. The minimum absolute atomic E-state index is 0.300. The smallest absolute Gasteiger partial charge is 0.337 e. The highest BCUT2D eigenvalue weighted by Gasteiger charge is 2.37. The van der Waals surface area contributed by atoms with Crippen molar-refractivity contribution in [2.24, 2.45) is 0 Å². The predicted molar refractivity (Wildman–Crippen MR) is 133 cm³/mol. The second-order valence-corrected chi connectivity index (χ2v) is 9.30. The lowest BCUT2D eigenvalue weighted by atomic mass is 9.82. The topological polar surface area (TPSA) is 93.3 Å². The van der Waals surface area contributed by atoms with E-state index >= 15 is 0 Å². The van der Waals surface area contributed by atoms with Gasteiger partial charge in [0.2, 0.25) is 0 Å². The van der Waals surface area contributed by atoms with Gasteiger partial charge >= 0.3 is 5.97 Å². The van der Waals surface area contributed by atoms with Crippen molar-refractivity contribution in [2.45, 2.75) is 43.7 Å². The number of nitrogens with one attached hydrogen (secondary N) is 2. The van der Waals surface area contributed by atoms with Crippen LogP contribution in [0.3, 0.4) is 0 Å². The lowest BCUT2D eigenvalue weighted by Gasteiger charge is -2.29. The fourth-order valence-electron chi connectivity index (χ4n) is 3.96. The molecule has 0 fully saturated rings. The summed E-state index contributed by atoms with van der Waals surface area (Å²) in [5, 5.41) is 3.45. The summed E-state index contributed by atoms with van der Waals surface area (Å²) in [6.45, 7) is 5.29. The van der Waals surface area contributed by atoms with Crippen molar-refractivity contribution in [1.82, 2.24) is 9.97 Å². The first kappa shape index (κ1) is 24.5. The Hall–Kier alpha value is -3.59. The number of esters is 1. The van der Waals surface area contributed by atoms with Crippen LogP contribution in [0.4, 0.5) is 10.2 Å². The van der Waals surface area contributed by atoms with Crippen LogP contribution >= 0.6 is 11.8 Å². The van der Waals surface area contributed by atoms with Crippen LogP contribution in [-0.2, 0) is 15.3 Å². The Morgan fingerprint density at radius 3 is 2.69 bits per heavy atom. The van der Waals surface area contributed by atoms with Crippen LogP contribution < -0.4 is 15.6 Å². The molecule has 0 saturated heterocycles. The van der Waals surface area contributed by atoms with E-state index in [1.54, 1.807) is 64.3 Å². The minimum Gasteiger partial charge on any atom is -0.497 e.